The maximum atomic E-state index is 11.7. The van der Waals surface area contributed by atoms with E-state index < -0.39 is 5.97 Å². The predicted octanol–water partition coefficient (Wildman–Crippen LogP) is 13.5. The first-order valence-electron chi connectivity index (χ1n) is 18.3. The van der Waals surface area contributed by atoms with Crippen LogP contribution in [0.25, 0.3) is 0 Å². The molecule has 0 aliphatic carbocycles. The molecule has 0 saturated heterocycles. The lowest BCUT2D eigenvalue weighted by Gasteiger charge is -2.13. The molecule has 0 spiro atoms. The number of carboxylic acid groups (broad SMARTS) is 1. The van der Waals surface area contributed by atoms with Crippen LogP contribution in [0.15, 0.2) is 0 Å². The number of rotatable bonds is 33. The number of aliphatic carboxylic acids is 1. The molecular weight excluding hydrogens is 476 g/mol. The van der Waals surface area contributed by atoms with Crippen LogP contribution in [0, 0.1) is 11.8 Å². The van der Waals surface area contributed by atoms with E-state index in [1.165, 1.54) is 173 Å². The molecule has 2 heteroatoms. The van der Waals surface area contributed by atoms with E-state index in [-0.39, 0.29) is 5.92 Å². The number of unbranched alkanes of at least 4 members (excludes halogenated alkanes) is 24. The second-order valence-corrected chi connectivity index (χ2v) is 13.1. The van der Waals surface area contributed by atoms with Crippen LogP contribution in [-0.2, 0) is 4.79 Å². The van der Waals surface area contributed by atoms with Gasteiger partial charge in [0.05, 0.1) is 5.92 Å². The lowest BCUT2D eigenvalue weighted by atomic mass is 9.92. The van der Waals surface area contributed by atoms with Gasteiger partial charge in [0.15, 0.2) is 0 Å². The van der Waals surface area contributed by atoms with Crippen molar-refractivity contribution in [1.82, 2.24) is 0 Å². The van der Waals surface area contributed by atoms with Crippen molar-refractivity contribution in [2.24, 2.45) is 11.8 Å². The molecule has 39 heavy (non-hydrogen) atoms. The third-order valence-corrected chi connectivity index (χ3v) is 9.06. The fourth-order valence-corrected chi connectivity index (χ4v) is 6.16. The lowest BCUT2D eigenvalue weighted by molar-refractivity contribution is -0.142. The number of carboxylic acids is 1. The van der Waals surface area contributed by atoms with Gasteiger partial charge in [0.25, 0.3) is 0 Å². The summed E-state index contributed by atoms with van der Waals surface area (Å²) in [6.45, 7) is 6.99. The van der Waals surface area contributed by atoms with Gasteiger partial charge in [-0.15, -0.1) is 0 Å². The van der Waals surface area contributed by atoms with Gasteiger partial charge in [-0.05, 0) is 18.8 Å². The van der Waals surface area contributed by atoms with E-state index >= 15 is 0 Å². The normalized spacial score (nSPS) is 13.1. The van der Waals surface area contributed by atoms with Gasteiger partial charge in [-0.1, -0.05) is 207 Å². The minimum Gasteiger partial charge on any atom is -0.481 e. The molecule has 0 aromatic carbocycles. The van der Waals surface area contributed by atoms with Crippen LogP contribution >= 0.6 is 0 Å². The van der Waals surface area contributed by atoms with Crippen molar-refractivity contribution in [3.63, 3.8) is 0 Å². The molecular formula is C37H74O2. The zero-order valence-corrected chi connectivity index (χ0v) is 27.4. The summed E-state index contributed by atoms with van der Waals surface area (Å²) in [5.74, 6) is 0.176. The summed E-state index contributed by atoms with van der Waals surface area (Å²) in [4.78, 5) is 11.7. The molecule has 0 amide bonds. The SMILES string of the molecule is CCCCCCCCCCCCCCCCC(CCCCCC(C)CCCCCCCCCCCC)C(=O)O. The van der Waals surface area contributed by atoms with Gasteiger partial charge in [0.1, 0.15) is 0 Å². The predicted molar refractivity (Wildman–Crippen MR) is 175 cm³/mol. The van der Waals surface area contributed by atoms with Crippen molar-refractivity contribution in [1.29, 1.82) is 0 Å². The largest absolute Gasteiger partial charge is 0.481 e. The van der Waals surface area contributed by atoms with E-state index in [4.69, 9.17) is 0 Å². The Kier molecular flexibility index (Phi) is 31.6. The van der Waals surface area contributed by atoms with Crippen molar-refractivity contribution < 1.29 is 9.90 Å². The number of hydrogen-bond acceptors (Lipinski definition) is 1. The molecule has 0 heterocycles. The van der Waals surface area contributed by atoms with Gasteiger partial charge >= 0.3 is 5.97 Å². The highest BCUT2D eigenvalue weighted by Gasteiger charge is 2.16. The highest BCUT2D eigenvalue weighted by atomic mass is 16.4. The molecule has 2 unspecified atom stereocenters. The summed E-state index contributed by atoms with van der Waals surface area (Å²) >= 11 is 0. The molecule has 1 N–H and O–H groups in total. The summed E-state index contributed by atoms with van der Waals surface area (Å²) in [6, 6.07) is 0. The summed E-state index contributed by atoms with van der Waals surface area (Å²) in [6.07, 6.45) is 41.3. The standard InChI is InChI=1S/C37H74O2/c1-4-6-8-10-12-14-16-17-18-19-21-23-25-29-33-36(37(38)39)34-30-26-28-32-35(3)31-27-24-22-20-15-13-11-9-7-5-2/h35-36H,4-34H2,1-3H3,(H,38,39). The van der Waals surface area contributed by atoms with E-state index in [0.29, 0.717) is 0 Å². The summed E-state index contributed by atoms with van der Waals surface area (Å²) < 4.78 is 0. The topological polar surface area (TPSA) is 37.3 Å². The van der Waals surface area contributed by atoms with E-state index in [2.05, 4.69) is 20.8 Å². The first-order chi connectivity index (χ1) is 19.1. The van der Waals surface area contributed by atoms with Crippen molar-refractivity contribution >= 4 is 5.97 Å². The smallest absolute Gasteiger partial charge is 0.306 e. The van der Waals surface area contributed by atoms with Crippen LogP contribution in [0.1, 0.15) is 220 Å². The fraction of sp³-hybridized carbons (Fsp3) is 0.973. The third kappa shape index (κ3) is 30.3. The van der Waals surface area contributed by atoms with Gasteiger partial charge in [-0.25, -0.2) is 0 Å². The number of hydrogen-bond donors (Lipinski definition) is 1. The van der Waals surface area contributed by atoms with Gasteiger partial charge in [0, 0.05) is 0 Å². The molecule has 0 rings (SSSR count). The third-order valence-electron chi connectivity index (χ3n) is 9.06. The first kappa shape index (κ1) is 38.5. The summed E-state index contributed by atoms with van der Waals surface area (Å²) in [5.41, 5.74) is 0. The van der Waals surface area contributed by atoms with Crippen molar-refractivity contribution in [3.05, 3.63) is 0 Å². The van der Waals surface area contributed by atoms with Gasteiger partial charge in [-0.2, -0.15) is 0 Å². The summed E-state index contributed by atoms with van der Waals surface area (Å²) in [7, 11) is 0. The maximum absolute atomic E-state index is 11.7. The molecule has 0 fully saturated rings. The molecule has 0 aromatic rings. The van der Waals surface area contributed by atoms with Crippen LogP contribution < -0.4 is 0 Å². The second kappa shape index (κ2) is 32.0. The van der Waals surface area contributed by atoms with Crippen molar-refractivity contribution in [2.45, 2.75) is 220 Å². The zero-order valence-electron chi connectivity index (χ0n) is 27.4. The first-order valence-corrected chi connectivity index (χ1v) is 18.3. The minimum atomic E-state index is -0.556. The zero-order chi connectivity index (χ0) is 28.7. The van der Waals surface area contributed by atoms with E-state index in [1.54, 1.807) is 0 Å². The van der Waals surface area contributed by atoms with Crippen LogP contribution in [0.4, 0.5) is 0 Å². The molecule has 2 atom stereocenters. The molecule has 0 aliphatic heterocycles. The van der Waals surface area contributed by atoms with Gasteiger partial charge in [-0.3, -0.25) is 4.79 Å². The molecule has 0 bridgehead atoms. The summed E-state index contributed by atoms with van der Waals surface area (Å²) in [5, 5.41) is 9.64. The van der Waals surface area contributed by atoms with Crippen molar-refractivity contribution in [3.8, 4) is 0 Å². The second-order valence-electron chi connectivity index (χ2n) is 13.1. The Labute approximate surface area is 247 Å². The minimum absolute atomic E-state index is 0.105. The lowest BCUT2D eigenvalue weighted by Crippen LogP contribution is -2.13. The van der Waals surface area contributed by atoms with Gasteiger partial charge < -0.3 is 5.11 Å². The Bertz CT molecular complexity index is 474. The monoisotopic (exact) mass is 551 g/mol. The van der Waals surface area contributed by atoms with Crippen LogP contribution in [-0.4, -0.2) is 11.1 Å². The average Bonchev–Trinajstić information content (AvgIpc) is 2.92. The average molecular weight is 551 g/mol. The van der Waals surface area contributed by atoms with Crippen molar-refractivity contribution in [2.75, 3.05) is 0 Å². The van der Waals surface area contributed by atoms with E-state index in [9.17, 15) is 9.90 Å². The fourth-order valence-electron chi connectivity index (χ4n) is 6.16. The Morgan fingerprint density at radius 3 is 0.923 bits per heavy atom. The molecule has 0 aromatic heterocycles. The van der Waals surface area contributed by atoms with Crippen LogP contribution in [0.5, 0.6) is 0 Å². The van der Waals surface area contributed by atoms with E-state index in [1.807, 2.05) is 0 Å². The van der Waals surface area contributed by atoms with Crippen LogP contribution in [0.2, 0.25) is 0 Å². The maximum Gasteiger partial charge on any atom is 0.306 e. The highest BCUT2D eigenvalue weighted by molar-refractivity contribution is 5.69. The molecule has 2 nitrogen and oxygen atoms in total. The molecule has 0 saturated carbocycles. The van der Waals surface area contributed by atoms with Gasteiger partial charge in [0.2, 0.25) is 0 Å². The Morgan fingerprint density at radius 1 is 0.410 bits per heavy atom. The Morgan fingerprint density at radius 2 is 0.641 bits per heavy atom. The highest BCUT2D eigenvalue weighted by Crippen LogP contribution is 2.22. The number of carbonyl (C=O) groups is 1. The van der Waals surface area contributed by atoms with E-state index in [0.717, 1.165) is 31.6 Å². The quantitative estimate of drug-likeness (QED) is 0.0825. The molecule has 234 valence electrons. The molecule has 0 radical (unpaired) electrons. The van der Waals surface area contributed by atoms with Crippen LogP contribution in [0.3, 0.4) is 0 Å². The Balaban J connectivity index is 3.50. The Hall–Kier alpha value is -0.530. The molecule has 0 aliphatic rings.